The molecule has 0 spiro atoms. The number of benzene rings is 2. The molecule has 7 nitrogen and oxygen atoms in total. The average Bonchev–Trinajstić information content (AvgIpc) is 2.79. The van der Waals surface area contributed by atoms with Crippen LogP contribution in [0.25, 0.3) is 10.9 Å². The van der Waals surface area contributed by atoms with Crippen molar-refractivity contribution in [2.75, 3.05) is 0 Å². The van der Waals surface area contributed by atoms with E-state index >= 15 is 0 Å². The number of halogens is 1. The Balaban J connectivity index is 1.70. The van der Waals surface area contributed by atoms with E-state index in [9.17, 15) is 14.4 Å². The Morgan fingerprint density at radius 2 is 1.81 bits per heavy atom. The predicted molar refractivity (Wildman–Crippen MR) is 119 cm³/mol. The Morgan fingerprint density at radius 1 is 1.03 bits per heavy atom. The molecule has 0 radical (unpaired) electrons. The van der Waals surface area contributed by atoms with Crippen LogP contribution in [-0.4, -0.2) is 20.0 Å². The number of carbonyl (C=O) groups excluding carboxylic acids is 1. The number of fused-ring (bicyclic) bond motifs is 1. The standard InChI is InChI=1S/C23H19ClN4O3/c1-27-20-6-5-17(21(29)26-13-15-7-9-25-10-8-15)12-19(20)22(30)28(23(27)31)14-16-3-2-4-18(24)11-16/h2-12H,13-14H2,1H3,(H,26,29). The lowest BCUT2D eigenvalue weighted by molar-refractivity contribution is 0.0951. The van der Waals surface area contributed by atoms with Gasteiger partial charge in [-0.05, 0) is 53.6 Å². The van der Waals surface area contributed by atoms with Crippen LogP contribution >= 0.6 is 11.6 Å². The van der Waals surface area contributed by atoms with Gasteiger partial charge in [0.05, 0.1) is 17.4 Å². The fourth-order valence-corrected chi connectivity index (χ4v) is 3.61. The van der Waals surface area contributed by atoms with Crippen LogP contribution < -0.4 is 16.6 Å². The van der Waals surface area contributed by atoms with Gasteiger partial charge in [0.2, 0.25) is 0 Å². The van der Waals surface area contributed by atoms with Gasteiger partial charge >= 0.3 is 5.69 Å². The van der Waals surface area contributed by atoms with Crippen LogP contribution in [0.1, 0.15) is 21.5 Å². The number of carbonyl (C=O) groups is 1. The molecule has 31 heavy (non-hydrogen) atoms. The molecule has 8 heteroatoms. The molecule has 2 aromatic carbocycles. The van der Waals surface area contributed by atoms with Crippen LogP contribution in [0.15, 0.2) is 76.6 Å². The minimum atomic E-state index is -0.457. The molecule has 0 unspecified atom stereocenters. The lowest BCUT2D eigenvalue weighted by Crippen LogP contribution is -2.39. The van der Waals surface area contributed by atoms with E-state index in [1.807, 2.05) is 12.1 Å². The highest BCUT2D eigenvalue weighted by atomic mass is 35.5. The molecule has 0 aliphatic rings. The summed E-state index contributed by atoms with van der Waals surface area (Å²) < 4.78 is 2.55. The van der Waals surface area contributed by atoms with Crippen molar-refractivity contribution in [3.05, 3.63) is 110 Å². The van der Waals surface area contributed by atoms with Gasteiger partial charge in [0.1, 0.15) is 0 Å². The highest BCUT2D eigenvalue weighted by Crippen LogP contribution is 2.13. The molecule has 0 bridgehead atoms. The van der Waals surface area contributed by atoms with Crippen molar-refractivity contribution in [3.8, 4) is 0 Å². The van der Waals surface area contributed by atoms with Gasteiger partial charge in [0.25, 0.3) is 11.5 Å². The SMILES string of the molecule is Cn1c(=O)n(Cc2cccc(Cl)c2)c(=O)c2cc(C(=O)NCc3ccncc3)ccc21. The summed E-state index contributed by atoms with van der Waals surface area (Å²) in [6.07, 6.45) is 3.31. The molecule has 1 amide bonds. The van der Waals surface area contributed by atoms with Crippen LogP contribution in [0, 0.1) is 0 Å². The maximum Gasteiger partial charge on any atom is 0.331 e. The van der Waals surface area contributed by atoms with Crippen LogP contribution in [0.4, 0.5) is 0 Å². The first-order chi connectivity index (χ1) is 14.9. The average molecular weight is 435 g/mol. The second kappa shape index (κ2) is 8.57. The highest BCUT2D eigenvalue weighted by Gasteiger charge is 2.14. The highest BCUT2D eigenvalue weighted by molar-refractivity contribution is 6.30. The Labute approximate surface area is 182 Å². The second-order valence-corrected chi connectivity index (χ2v) is 7.57. The number of rotatable bonds is 5. The predicted octanol–water partition coefficient (Wildman–Crippen LogP) is 2.73. The van der Waals surface area contributed by atoms with Gasteiger partial charge in [0.15, 0.2) is 0 Å². The molecule has 4 aromatic rings. The second-order valence-electron chi connectivity index (χ2n) is 7.13. The Kier molecular flexibility index (Phi) is 5.68. The first-order valence-electron chi connectivity index (χ1n) is 9.59. The molecule has 0 saturated carbocycles. The van der Waals surface area contributed by atoms with Crippen LogP contribution in [0.5, 0.6) is 0 Å². The Morgan fingerprint density at radius 3 is 2.55 bits per heavy atom. The fraction of sp³-hybridized carbons (Fsp3) is 0.130. The van der Waals surface area contributed by atoms with E-state index in [0.29, 0.717) is 28.0 Å². The molecule has 0 aliphatic carbocycles. The van der Waals surface area contributed by atoms with E-state index < -0.39 is 11.2 Å². The summed E-state index contributed by atoms with van der Waals surface area (Å²) in [4.78, 5) is 42.5. The summed E-state index contributed by atoms with van der Waals surface area (Å²) in [6, 6.07) is 15.4. The van der Waals surface area contributed by atoms with Gasteiger partial charge in [-0.3, -0.25) is 23.7 Å². The van der Waals surface area contributed by atoms with Gasteiger partial charge in [-0.15, -0.1) is 0 Å². The van der Waals surface area contributed by atoms with E-state index in [1.165, 1.54) is 10.6 Å². The maximum atomic E-state index is 13.1. The summed E-state index contributed by atoms with van der Waals surface area (Å²) >= 11 is 6.03. The third-order valence-electron chi connectivity index (χ3n) is 5.05. The summed E-state index contributed by atoms with van der Waals surface area (Å²) in [7, 11) is 1.60. The minimum Gasteiger partial charge on any atom is -0.348 e. The van der Waals surface area contributed by atoms with Gasteiger partial charge in [-0.25, -0.2) is 4.79 Å². The molecule has 2 heterocycles. The fourth-order valence-electron chi connectivity index (χ4n) is 3.40. The number of nitrogens with zero attached hydrogens (tertiary/aromatic N) is 3. The number of nitrogens with one attached hydrogen (secondary N) is 1. The normalized spacial score (nSPS) is 10.9. The minimum absolute atomic E-state index is 0.0838. The lowest BCUT2D eigenvalue weighted by Gasteiger charge is -2.12. The molecular formula is C23H19ClN4O3. The molecule has 4 rings (SSSR count). The van der Waals surface area contributed by atoms with Crippen LogP contribution in [0.2, 0.25) is 5.02 Å². The maximum absolute atomic E-state index is 13.1. The van der Waals surface area contributed by atoms with Crippen LogP contribution in [-0.2, 0) is 20.1 Å². The summed E-state index contributed by atoms with van der Waals surface area (Å²) in [5, 5.41) is 3.64. The van der Waals surface area contributed by atoms with Crippen molar-refractivity contribution in [1.82, 2.24) is 19.4 Å². The topological polar surface area (TPSA) is 86.0 Å². The van der Waals surface area contributed by atoms with Crippen molar-refractivity contribution >= 4 is 28.4 Å². The number of hydrogen-bond acceptors (Lipinski definition) is 4. The molecule has 0 saturated heterocycles. The molecule has 1 N–H and O–H groups in total. The summed E-state index contributed by atoms with van der Waals surface area (Å²) in [5.41, 5.74) is 1.55. The van der Waals surface area contributed by atoms with Crippen molar-refractivity contribution in [2.45, 2.75) is 13.1 Å². The zero-order chi connectivity index (χ0) is 22.0. The monoisotopic (exact) mass is 434 g/mol. The van der Waals surface area contributed by atoms with E-state index in [1.54, 1.807) is 55.8 Å². The Hall–Kier alpha value is -3.71. The van der Waals surface area contributed by atoms with E-state index in [-0.39, 0.29) is 12.5 Å². The molecule has 156 valence electrons. The van der Waals surface area contributed by atoms with E-state index in [0.717, 1.165) is 15.7 Å². The van der Waals surface area contributed by atoms with Crippen LogP contribution in [0.3, 0.4) is 0 Å². The molecule has 0 atom stereocenters. The number of pyridine rings is 1. The number of amides is 1. The van der Waals surface area contributed by atoms with E-state index in [4.69, 9.17) is 11.6 Å². The molecule has 2 aromatic heterocycles. The quantitative estimate of drug-likeness (QED) is 0.523. The molecular weight excluding hydrogens is 416 g/mol. The van der Waals surface area contributed by atoms with Crippen molar-refractivity contribution in [1.29, 1.82) is 0 Å². The number of aromatic nitrogens is 3. The van der Waals surface area contributed by atoms with E-state index in [2.05, 4.69) is 10.3 Å². The third kappa shape index (κ3) is 4.27. The first-order valence-corrected chi connectivity index (χ1v) is 9.97. The van der Waals surface area contributed by atoms with Gasteiger partial charge in [-0.1, -0.05) is 23.7 Å². The zero-order valence-electron chi connectivity index (χ0n) is 16.7. The summed E-state index contributed by atoms with van der Waals surface area (Å²) in [6.45, 7) is 0.423. The van der Waals surface area contributed by atoms with Gasteiger partial charge in [0, 0.05) is 36.6 Å². The van der Waals surface area contributed by atoms with Crippen molar-refractivity contribution in [2.24, 2.45) is 7.05 Å². The largest absolute Gasteiger partial charge is 0.348 e. The number of aryl methyl sites for hydroxylation is 1. The molecule has 0 fully saturated rings. The van der Waals surface area contributed by atoms with Gasteiger partial charge in [-0.2, -0.15) is 0 Å². The smallest absolute Gasteiger partial charge is 0.331 e. The Bertz CT molecular complexity index is 1390. The number of hydrogen-bond donors (Lipinski definition) is 1. The molecule has 0 aliphatic heterocycles. The van der Waals surface area contributed by atoms with Crippen molar-refractivity contribution < 1.29 is 4.79 Å². The zero-order valence-corrected chi connectivity index (χ0v) is 17.5. The first kappa shape index (κ1) is 20.6. The lowest BCUT2D eigenvalue weighted by atomic mass is 10.1. The summed E-state index contributed by atoms with van der Waals surface area (Å²) in [5.74, 6) is -0.312. The van der Waals surface area contributed by atoms with Crippen molar-refractivity contribution in [3.63, 3.8) is 0 Å². The van der Waals surface area contributed by atoms with Gasteiger partial charge < -0.3 is 5.32 Å². The third-order valence-corrected chi connectivity index (χ3v) is 5.28.